The molecule has 7 heteroatoms. The first-order valence-electron chi connectivity index (χ1n) is 6.28. The van der Waals surface area contributed by atoms with E-state index in [1.807, 2.05) is 0 Å². The zero-order chi connectivity index (χ0) is 15.7. The van der Waals surface area contributed by atoms with E-state index in [-0.39, 0.29) is 5.75 Å². The highest BCUT2D eigenvalue weighted by Crippen LogP contribution is 2.19. The minimum Gasteiger partial charge on any atom is -0.484 e. The number of guanidine groups is 1. The van der Waals surface area contributed by atoms with Crippen molar-refractivity contribution >= 4 is 5.96 Å². The van der Waals surface area contributed by atoms with Crippen LogP contribution in [-0.4, -0.2) is 32.3 Å². The van der Waals surface area contributed by atoms with E-state index in [0.29, 0.717) is 19.0 Å². The molecule has 0 unspecified atom stereocenters. The van der Waals surface area contributed by atoms with Gasteiger partial charge in [0.2, 0.25) is 0 Å². The van der Waals surface area contributed by atoms with Crippen molar-refractivity contribution in [1.82, 2.24) is 10.6 Å². The summed E-state index contributed by atoms with van der Waals surface area (Å²) in [6, 6.07) is 6.47. The Hall–Kier alpha value is -2.18. The molecule has 0 bridgehead atoms. The van der Waals surface area contributed by atoms with Crippen LogP contribution in [0.15, 0.2) is 41.9 Å². The first-order valence-corrected chi connectivity index (χ1v) is 6.28. The summed E-state index contributed by atoms with van der Waals surface area (Å²) in [7, 11) is 1.63. The summed E-state index contributed by atoms with van der Waals surface area (Å²) in [6.45, 7) is 3.26. The number of ether oxygens (including phenoxy) is 1. The Labute approximate surface area is 121 Å². The molecule has 116 valence electrons. The van der Waals surface area contributed by atoms with E-state index < -0.39 is 12.8 Å². The number of alkyl halides is 3. The van der Waals surface area contributed by atoms with Gasteiger partial charge in [0.25, 0.3) is 0 Å². The highest BCUT2D eigenvalue weighted by Gasteiger charge is 2.28. The molecule has 0 saturated carbocycles. The van der Waals surface area contributed by atoms with Crippen LogP contribution < -0.4 is 15.4 Å². The molecule has 0 amide bonds. The molecule has 1 aromatic carbocycles. The molecule has 0 aromatic heterocycles. The number of hydrogen-bond acceptors (Lipinski definition) is 2. The predicted molar refractivity (Wildman–Crippen MR) is 76.4 cm³/mol. The number of rotatable bonds is 6. The molecule has 0 atom stereocenters. The Balaban J connectivity index is 2.54. The zero-order valence-corrected chi connectivity index (χ0v) is 11.7. The van der Waals surface area contributed by atoms with Crippen LogP contribution in [0.1, 0.15) is 5.56 Å². The average molecular weight is 301 g/mol. The number of nitrogens with one attached hydrogen (secondary N) is 2. The Morgan fingerprint density at radius 3 is 2.76 bits per heavy atom. The minimum absolute atomic E-state index is 0.181. The summed E-state index contributed by atoms with van der Waals surface area (Å²) in [5, 5.41) is 6.02. The number of halogens is 3. The van der Waals surface area contributed by atoms with Crippen LogP contribution in [0.2, 0.25) is 0 Å². The van der Waals surface area contributed by atoms with Gasteiger partial charge in [-0.15, -0.1) is 6.58 Å². The second-order valence-electron chi connectivity index (χ2n) is 4.15. The van der Waals surface area contributed by atoms with Gasteiger partial charge in [-0.05, 0) is 17.7 Å². The van der Waals surface area contributed by atoms with Crippen LogP contribution in [0, 0.1) is 0 Å². The van der Waals surface area contributed by atoms with Crippen LogP contribution in [0.25, 0.3) is 0 Å². The van der Waals surface area contributed by atoms with Crippen LogP contribution in [0.5, 0.6) is 5.75 Å². The minimum atomic E-state index is -4.34. The number of benzene rings is 1. The second kappa shape index (κ2) is 8.18. The van der Waals surface area contributed by atoms with Gasteiger partial charge in [-0.2, -0.15) is 13.2 Å². The second-order valence-corrected chi connectivity index (χ2v) is 4.15. The van der Waals surface area contributed by atoms with E-state index >= 15 is 0 Å². The summed E-state index contributed by atoms with van der Waals surface area (Å²) in [5.41, 5.74) is 0.788. The van der Waals surface area contributed by atoms with Gasteiger partial charge in [-0.1, -0.05) is 18.2 Å². The van der Waals surface area contributed by atoms with Gasteiger partial charge >= 0.3 is 6.18 Å². The lowest BCUT2D eigenvalue weighted by Gasteiger charge is -2.12. The maximum absolute atomic E-state index is 12.1. The Morgan fingerprint density at radius 1 is 1.38 bits per heavy atom. The molecule has 0 spiro atoms. The van der Waals surface area contributed by atoms with E-state index in [9.17, 15) is 13.2 Å². The van der Waals surface area contributed by atoms with Crippen molar-refractivity contribution in [3.05, 3.63) is 42.5 Å². The summed E-state index contributed by atoms with van der Waals surface area (Å²) in [4.78, 5) is 4.00. The Bertz CT molecular complexity index is 487. The van der Waals surface area contributed by atoms with Crippen molar-refractivity contribution in [2.75, 3.05) is 20.2 Å². The lowest BCUT2D eigenvalue weighted by molar-refractivity contribution is -0.153. The fourth-order valence-electron chi connectivity index (χ4n) is 1.49. The van der Waals surface area contributed by atoms with E-state index in [4.69, 9.17) is 4.74 Å². The van der Waals surface area contributed by atoms with Crippen molar-refractivity contribution in [1.29, 1.82) is 0 Å². The van der Waals surface area contributed by atoms with Gasteiger partial charge in [0, 0.05) is 20.1 Å². The molecule has 0 fully saturated rings. The fraction of sp³-hybridized carbons (Fsp3) is 0.357. The van der Waals surface area contributed by atoms with Gasteiger partial charge in [-0.3, -0.25) is 4.99 Å². The van der Waals surface area contributed by atoms with Gasteiger partial charge in [-0.25, -0.2) is 0 Å². The number of nitrogens with zero attached hydrogens (tertiary/aromatic N) is 1. The molecular weight excluding hydrogens is 283 g/mol. The molecule has 0 radical (unpaired) electrons. The van der Waals surface area contributed by atoms with Gasteiger partial charge < -0.3 is 15.4 Å². The van der Waals surface area contributed by atoms with Crippen LogP contribution in [0.4, 0.5) is 13.2 Å². The molecule has 0 aliphatic rings. The smallest absolute Gasteiger partial charge is 0.422 e. The molecule has 0 saturated heterocycles. The molecule has 2 N–H and O–H groups in total. The summed E-state index contributed by atoms with van der Waals surface area (Å²) >= 11 is 0. The maximum Gasteiger partial charge on any atom is 0.422 e. The van der Waals surface area contributed by atoms with E-state index in [1.54, 1.807) is 31.3 Å². The Kier molecular flexibility index (Phi) is 6.58. The molecule has 0 aliphatic carbocycles. The van der Waals surface area contributed by atoms with Crippen molar-refractivity contribution in [3.63, 3.8) is 0 Å². The number of hydrogen-bond donors (Lipinski definition) is 2. The molecule has 1 aromatic rings. The molecule has 0 aliphatic heterocycles. The van der Waals surface area contributed by atoms with E-state index in [2.05, 4.69) is 22.2 Å². The molecule has 4 nitrogen and oxygen atoms in total. The highest BCUT2D eigenvalue weighted by atomic mass is 19.4. The zero-order valence-electron chi connectivity index (χ0n) is 11.7. The maximum atomic E-state index is 12.1. The summed E-state index contributed by atoms with van der Waals surface area (Å²) in [6.07, 6.45) is -2.65. The first-order chi connectivity index (χ1) is 9.94. The van der Waals surface area contributed by atoms with Crippen molar-refractivity contribution < 1.29 is 17.9 Å². The van der Waals surface area contributed by atoms with Crippen LogP contribution in [0.3, 0.4) is 0 Å². The van der Waals surface area contributed by atoms with Crippen molar-refractivity contribution in [3.8, 4) is 5.75 Å². The van der Waals surface area contributed by atoms with E-state index in [1.165, 1.54) is 6.07 Å². The van der Waals surface area contributed by atoms with E-state index in [0.717, 1.165) is 5.56 Å². The third-order valence-corrected chi connectivity index (χ3v) is 2.40. The molecular formula is C14H18F3N3O. The molecule has 0 heterocycles. The topological polar surface area (TPSA) is 45.7 Å². The number of aliphatic imine (C=N–C) groups is 1. The third-order valence-electron chi connectivity index (χ3n) is 2.40. The normalized spacial score (nSPS) is 11.9. The van der Waals surface area contributed by atoms with Gasteiger partial charge in [0.1, 0.15) is 5.75 Å². The predicted octanol–water partition coefficient (Wildman–Crippen LogP) is 2.48. The fourth-order valence-corrected chi connectivity index (χ4v) is 1.49. The highest BCUT2D eigenvalue weighted by molar-refractivity contribution is 5.79. The Morgan fingerprint density at radius 2 is 2.14 bits per heavy atom. The quantitative estimate of drug-likeness (QED) is 0.482. The van der Waals surface area contributed by atoms with Crippen LogP contribution in [-0.2, 0) is 6.54 Å². The van der Waals surface area contributed by atoms with Crippen LogP contribution >= 0.6 is 0 Å². The standard InChI is InChI=1S/C14H18F3N3O/c1-3-7-19-13(18-2)20-9-11-5-4-6-12(8-11)21-10-14(15,16)17/h3-6,8H,1,7,9-10H2,2H3,(H2,18,19,20). The molecule has 21 heavy (non-hydrogen) atoms. The summed E-state index contributed by atoms with van der Waals surface area (Å²) in [5.74, 6) is 0.761. The lowest BCUT2D eigenvalue weighted by atomic mass is 10.2. The summed E-state index contributed by atoms with van der Waals surface area (Å²) < 4.78 is 41.0. The largest absolute Gasteiger partial charge is 0.484 e. The average Bonchev–Trinajstić information content (AvgIpc) is 2.45. The lowest BCUT2D eigenvalue weighted by Crippen LogP contribution is -2.36. The molecule has 1 rings (SSSR count). The van der Waals surface area contributed by atoms with Crippen molar-refractivity contribution in [2.45, 2.75) is 12.7 Å². The third kappa shape index (κ3) is 7.24. The van der Waals surface area contributed by atoms with Gasteiger partial charge in [0.05, 0.1) is 0 Å². The first kappa shape index (κ1) is 16.9. The van der Waals surface area contributed by atoms with Crippen molar-refractivity contribution in [2.24, 2.45) is 4.99 Å². The monoisotopic (exact) mass is 301 g/mol. The van der Waals surface area contributed by atoms with Gasteiger partial charge in [0.15, 0.2) is 12.6 Å². The SMILES string of the molecule is C=CCNC(=NC)NCc1cccc(OCC(F)(F)F)c1.